The molecule has 1 saturated heterocycles. The van der Waals surface area contributed by atoms with Crippen LogP contribution in [0.5, 0.6) is 0 Å². The fourth-order valence-corrected chi connectivity index (χ4v) is 3.50. The number of anilines is 1. The molecule has 1 amide bonds. The third-order valence-corrected chi connectivity index (χ3v) is 4.47. The number of carbonyl (C=O) groups excluding carboxylic acids is 1. The van der Waals surface area contributed by atoms with Crippen LogP contribution in [0.1, 0.15) is 31.0 Å². The average molecular weight is 263 g/mol. The summed E-state index contributed by atoms with van der Waals surface area (Å²) in [6, 6.07) is 11.7. The number of rotatable bonds is 0. The number of nitrogens with zero attached hydrogens (tertiary/aromatic N) is 3. The van der Waals surface area contributed by atoms with Gasteiger partial charge in [0.25, 0.3) is 0 Å². The van der Waals surface area contributed by atoms with Crippen molar-refractivity contribution >= 4 is 11.6 Å². The van der Waals surface area contributed by atoms with Gasteiger partial charge in [-0.15, -0.1) is 0 Å². The molecule has 98 valence electrons. The van der Waals surface area contributed by atoms with Crippen LogP contribution in [-0.4, -0.2) is 10.5 Å². The number of hydrogen-bond donors (Lipinski definition) is 0. The SMILES string of the molecule is CC12CCC(=O)N1c1ccc(C#N)cc1-n1cccc12. The number of amides is 1. The van der Waals surface area contributed by atoms with Gasteiger partial charge >= 0.3 is 0 Å². The maximum atomic E-state index is 12.3. The second-order valence-electron chi connectivity index (χ2n) is 5.58. The van der Waals surface area contributed by atoms with Gasteiger partial charge in [0.1, 0.15) is 0 Å². The molecule has 0 aliphatic carbocycles. The third-order valence-electron chi connectivity index (χ3n) is 4.47. The first-order valence-electron chi connectivity index (χ1n) is 6.70. The van der Waals surface area contributed by atoms with E-state index < -0.39 is 0 Å². The predicted molar refractivity (Wildman–Crippen MR) is 74.6 cm³/mol. The zero-order chi connectivity index (χ0) is 13.9. The molecular weight excluding hydrogens is 250 g/mol. The first-order chi connectivity index (χ1) is 9.65. The van der Waals surface area contributed by atoms with Gasteiger partial charge in [-0.3, -0.25) is 9.69 Å². The Bertz CT molecular complexity index is 783. The molecular formula is C16H13N3O. The molecule has 0 radical (unpaired) electrons. The van der Waals surface area contributed by atoms with Crippen molar-refractivity contribution in [2.75, 3.05) is 4.90 Å². The smallest absolute Gasteiger partial charge is 0.227 e. The molecule has 3 heterocycles. The Kier molecular flexibility index (Phi) is 1.99. The van der Waals surface area contributed by atoms with Gasteiger partial charge in [0.15, 0.2) is 0 Å². The maximum Gasteiger partial charge on any atom is 0.227 e. The molecule has 0 bridgehead atoms. The minimum atomic E-state index is -0.276. The summed E-state index contributed by atoms with van der Waals surface area (Å²) in [6.45, 7) is 2.12. The highest BCUT2D eigenvalue weighted by Gasteiger charge is 2.48. The van der Waals surface area contributed by atoms with Crippen LogP contribution in [0.3, 0.4) is 0 Å². The lowest BCUT2D eigenvalue weighted by Crippen LogP contribution is -2.45. The molecule has 20 heavy (non-hydrogen) atoms. The second-order valence-corrected chi connectivity index (χ2v) is 5.58. The van der Waals surface area contributed by atoms with Crippen molar-refractivity contribution in [2.24, 2.45) is 0 Å². The third kappa shape index (κ3) is 1.17. The van der Waals surface area contributed by atoms with Crippen LogP contribution >= 0.6 is 0 Å². The van der Waals surface area contributed by atoms with Gasteiger partial charge in [0.2, 0.25) is 5.91 Å². The number of carbonyl (C=O) groups is 1. The molecule has 1 aromatic carbocycles. The molecule has 1 atom stereocenters. The summed E-state index contributed by atoms with van der Waals surface area (Å²) in [5.41, 5.74) is 3.26. The normalized spacial score (nSPS) is 23.0. The summed E-state index contributed by atoms with van der Waals surface area (Å²) in [6.07, 6.45) is 3.40. The fraction of sp³-hybridized carbons (Fsp3) is 0.250. The molecule has 0 N–H and O–H groups in total. The zero-order valence-corrected chi connectivity index (χ0v) is 11.1. The Labute approximate surface area is 116 Å². The van der Waals surface area contributed by atoms with Crippen molar-refractivity contribution in [1.82, 2.24) is 4.57 Å². The van der Waals surface area contributed by atoms with E-state index in [1.165, 1.54) is 0 Å². The van der Waals surface area contributed by atoms with Gasteiger partial charge in [-0.05, 0) is 43.7 Å². The van der Waals surface area contributed by atoms with Gasteiger partial charge in [-0.25, -0.2) is 0 Å². The van der Waals surface area contributed by atoms with Crippen molar-refractivity contribution in [3.05, 3.63) is 47.8 Å². The molecule has 1 unspecified atom stereocenters. The molecule has 1 aromatic heterocycles. The van der Waals surface area contributed by atoms with E-state index in [-0.39, 0.29) is 11.4 Å². The van der Waals surface area contributed by atoms with Crippen molar-refractivity contribution in [1.29, 1.82) is 5.26 Å². The minimum absolute atomic E-state index is 0.158. The van der Waals surface area contributed by atoms with Crippen molar-refractivity contribution < 1.29 is 4.79 Å². The van der Waals surface area contributed by atoms with Crippen LogP contribution in [0.4, 0.5) is 5.69 Å². The average Bonchev–Trinajstić information content (AvgIpc) is 3.05. The molecule has 2 aliphatic heterocycles. The van der Waals surface area contributed by atoms with Gasteiger partial charge < -0.3 is 4.57 Å². The second kappa shape index (κ2) is 3.51. The number of hydrogen-bond acceptors (Lipinski definition) is 2. The highest BCUT2D eigenvalue weighted by Crippen LogP contribution is 2.48. The highest BCUT2D eigenvalue weighted by molar-refractivity contribution is 6.00. The first-order valence-corrected chi connectivity index (χ1v) is 6.70. The van der Waals surface area contributed by atoms with E-state index in [0.717, 1.165) is 23.5 Å². The van der Waals surface area contributed by atoms with Gasteiger partial charge in [-0.2, -0.15) is 5.26 Å². The predicted octanol–water partition coefficient (Wildman–Crippen LogP) is 2.70. The van der Waals surface area contributed by atoms with E-state index in [4.69, 9.17) is 5.26 Å². The zero-order valence-electron chi connectivity index (χ0n) is 11.1. The monoisotopic (exact) mass is 263 g/mol. The lowest BCUT2D eigenvalue weighted by atomic mass is 9.91. The van der Waals surface area contributed by atoms with E-state index in [0.29, 0.717) is 12.0 Å². The van der Waals surface area contributed by atoms with E-state index in [1.807, 2.05) is 29.3 Å². The fourth-order valence-electron chi connectivity index (χ4n) is 3.50. The van der Waals surface area contributed by atoms with E-state index in [2.05, 4.69) is 23.6 Å². The van der Waals surface area contributed by atoms with Gasteiger partial charge in [0.05, 0.1) is 28.5 Å². The van der Waals surface area contributed by atoms with Crippen LogP contribution in [0.2, 0.25) is 0 Å². The van der Waals surface area contributed by atoms with Gasteiger partial charge in [0, 0.05) is 18.3 Å². The lowest BCUT2D eigenvalue weighted by Gasteiger charge is -2.41. The van der Waals surface area contributed by atoms with E-state index in [9.17, 15) is 4.79 Å². The Hall–Kier alpha value is -2.54. The van der Waals surface area contributed by atoms with Crippen molar-refractivity contribution in [3.63, 3.8) is 0 Å². The Balaban J connectivity index is 2.08. The number of benzene rings is 1. The molecule has 0 saturated carbocycles. The first kappa shape index (κ1) is 11.3. The summed E-state index contributed by atoms with van der Waals surface area (Å²) in [4.78, 5) is 14.2. The summed E-state index contributed by atoms with van der Waals surface area (Å²) < 4.78 is 2.10. The van der Waals surface area contributed by atoms with Crippen LogP contribution in [0, 0.1) is 11.3 Å². The standard InChI is InChI=1S/C16H13N3O/c1-16-7-6-15(20)19(16)12-5-4-11(10-17)9-13(12)18-8-2-3-14(16)18/h2-5,8-9H,6-7H2,1H3. The molecule has 2 aromatic rings. The Morgan fingerprint density at radius 2 is 2.15 bits per heavy atom. The number of nitriles is 1. The molecule has 4 rings (SSSR count). The molecule has 4 heteroatoms. The van der Waals surface area contributed by atoms with Crippen LogP contribution in [-0.2, 0) is 10.3 Å². The molecule has 4 nitrogen and oxygen atoms in total. The maximum absolute atomic E-state index is 12.3. The molecule has 2 aliphatic rings. The Morgan fingerprint density at radius 3 is 2.95 bits per heavy atom. The summed E-state index contributed by atoms with van der Waals surface area (Å²) in [5.74, 6) is 0.158. The summed E-state index contributed by atoms with van der Waals surface area (Å²) >= 11 is 0. The Morgan fingerprint density at radius 1 is 1.30 bits per heavy atom. The van der Waals surface area contributed by atoms with E-state index >= 15 is 0 Å². The van der Waals surface area contributed by atoms with E-state index in [1.54, 1.807) is 6.07 Å². The lowest BCUT2D eigenvalue weighted by molar-refractivity contribution is -0.117. The quantitative estimate of drug-likeness (QED) is 0.733. The summed E-state index contributed by atoms with van der Waals surface area (Å²) in [5, 5.41) is 9.09. The number of fused-ring (bicyclic) bond motifs is 6. The largest absolute Gasteiger partial charge is 0.316 e. The molecule has 1 fully saturated rings. The van der Waals surface area contributed by atoms with Gasteiger partial charge in [-0.1, -0.05) is 0 Å². The summed E-state index contributed by atoms with van der Waals surface area (Å²) in [7, 11) is 0. The van der Waals surface area contributed by atoms with Crippen molar-refractivity contribution in [3.8, 4) is 11.8 Å². The van der Waals surface area contributed by atoms with Crippen LogP contribution < -0.4 is 4.90 Å². The van der Waals surface area contributed by atoms with Crippen LogP contribution in [0.15, 0.2) is 36.5 Å². The van der Waals surface area contributed by atoms with Crippen molar-refractivity contribution in [2.45, 2.75) is 25.3 Å². The number of aromatic nitrogens is 1. The van der Waals surface area contributed by atoms with Crippen LogP contribution in [0.25, 0.3) is 5.69 Å². The highest BCUT2D eigenvalue weighted by atomic mass is 16.2. The molecule has 0 spiro atoms. The topological polar surface area (TPSA) is 49.0 Å². The minimum Gasteiger partial charge on any atom is -0.316 e.